The second-order valence-electron chi connectivity index (χ2n) is 3.09. The summed E-state index contributed by atoms with van der Waals surface area (Å²) in [6.07, 6.45) is -0.233. The Hall–Kier alpha value is -1.86. The van der Waals surface area contributed by atoms with Gasteiger partial charge in [-0.15, -0.1) is 11.6 Å². The number of rotatable bonds is 4. The van der Waals surface area contributed by atoms with Crippen molar-refractivity contribution in [3.63, 3.8) is 0 Å². The molecule has 4 nitrogen and oxygen atoms in total. The molecule has 0 radical (unpaired) electrons. The maximum atomic E-state index is 11.3. The van der Waals surface area contributed by atoms with Gasteiger partial charge in [0.2, 0.25) is 5.91 Å². The summed E-state index contributed by atoms with van der Waals surface area (Å²) in [6.45, 7) is 0. The first-order chi connectivity index (χ1) is 7.65. The van der Waals surface area contributed by atoms with Gasteiger partial charge in [0, 0.05) is 5.69 Å². The van der Waals surface area contributed by atoms with Gasteiger partial charge < -0.3 is 5.32 Å². The molecule has 0 bridgehead atoms. The van der Waals surface area contributed by atoms with Gasteiger partial charge in [-0.05, 0) is 24.3 Å². The van der Waals surface area contributed by atoms with Crippen LogP contribution in [0.4, 0.5) is 5.69 Å². The minimum absolute atomic E-state index is 0.166. The summed E-state index contributed by atoms with van der Waals surface area (Å²) >= 11 is 5.27. The maximum Gasteiger partial charge on any atom is 0.231 e. The molecule has 1 N–H and O–H groups in total. The molecule has 0 atom stereocenters. The lowest BCUT2D eigenvalue weighted by atomic mass is 10.2. The van der Waals surface area contributed by atoms with Crippen LogP contribution in [0.3, 0.4) is 0 Å². The van der Waals surface area contributed by atoms with E-state index >= 15 is 0 Å². The molecule has 5 heteroatoms. The Kier molecular flexibility index (Phi) is 4.49. The Labute approximate surface area is 97.8 Å². The second-order valence-corrected chi connectivity index (χ2v) is 3.35. The average molecular weight is 237 g/mol. The van der Waals surface area contributed by atoms with Crippen LogP contribution in [0, 0.1) is 11.3 Å². The highest BCUT2D eigenvalue weighted by Crippen LogP contribution is 2.09. The Bertz CT molecular complexity index is 434. The molecule has 0 aliphatic carbocycles. The molecule has 1 amide bonds. The van der Waals surface area contributed by atoms with Crippen LogP contribution < -0.4 is 5.32 Å². The van der Waals surface area contributed by atoms with Crippen molar-refractivity contribution in [1.29, 1.82) is 5.26 Å². The third-order valence-electron chi connectivity index (χ3n) is 1.80. The number of nitrogens with zero attached hydrogens (tertiary/aromatic N) is 1. The van der Waals surface area contributed by atoms with Crippen molar-refractivity contribution in [3.8, 4) is 6.07 Å². The van der Waals surface area contributed by atoms with Crippen LogP contribution in [0.1, 0.15) is 12.0 Å². The van der Waals surface area contributed by atoms with Crippen molar-refractivity contribution < 1.29 is 9.59 Å². The van der Waals surface area contributed by atoms with Gasteiger partial charge in [-0.1, -0.05) is 0 Å². The summed E-state index contributed by atoms with van der Waals surface area (Å²) < 4.78 is 0. The summed E-state index contributed by atoms with van der Waals surface area (Å²) in [5.74, 6) is -0.899. The molecule has 0 saturated carbocycles. The summed E-state index contributed by atoms with van der Waals surface area (Å²) in [6, 6.07) is 8.33. The van der Waals surface area contributed by atoms with Gasteiger partial charge >= 0.3 is 0 Å². The zero-order chi connectivity index (χ0) is 12.0. The topological polar surface area (TPSA) is 70.0 Å². The van der Waals surface area contributed by atoms with E-state index in [1.54, 1.807) is 24.3 Å². The number of hydrogen-bond acceptors (Lipinski definition) is 3. The van der Waals surface area contributed by atoms with E-state index in [-0.39, 0.29) is 18.1 Å². The van der Waals surface area contributed by atoms with E-state index in [1.807, 2.05) is 6.07 Å². The van der Waals surface area contributed by atoms with Crippen molar-refractivity contribution in [1.82, 2.24) is 0 Å². The minimum atomic E-state index is -0.407. The number of anilines is 1. The average Bonchev–Trinajstić information content (AvgIpc) is 2.29. The van der Waals surface area contributed by atoms with E-state index in [0.29, 0.717) is 11.3 Å². The quantitative estimate of drug-likeness (QED) is 0.639. The normalized spacial score (nSPS) is 9.25. The lowest BCUT2D eigenvalue weighted by Gasteiger charge is -2.03. The molecule has 0 heterocycles. The molecule has 0 spiro atoms. The molecular formula is C11H9ClN2O2. The number of Topliss-reactive ketones (excluding diaryl/α,β-unsaturated/α-hetero) is 1. The highest BCUT2D eigenvalue weighted by atomic mass is 35.5. The fourth-order valence-corrected chi connectivity index (χ4v) is 1.15. The number of amides is 1. The third kappa shape index (κ3) is 3.71. The van der Waals surface area contributed by atoms with Crippen molar-refractivity contribution in [2.24, 2.45) is 0 Å². The zero-order valence-corrected chi connectivity index (χ0v) is 9.12. The predicted molar refractivity (Wildman–Crippen MR) is 60.1 cm³/mol. The highest BCUT2D eigenvalue weighted by molar-refractivity contribution is 6.29. The number of nitrogens with one attached hydrogen (secondary N) is 1. The number of ketones is 1. The number of alkyl halides is 1. The first-order valence-electron chi connectivity index (χ1n) is 4.53. The first-order valence-corrected chi connectivity index (χ1v) is 5.07. The Morgan fingerprint density at radius 2 is 1.94 bits per heavy atom. The molecule has 16 heavy (non-hydrogen) atoms. The predicted octanol–water partition coefficient (Wildman–Crippen LogP) is 1.69. The molecule has 0 unspecified atom stereocenters. The maximum absolute atomic E-state index is 11.3. The molecular weight excluding hydrogens is 228 g/mol. The lowest BCUT2D eigenvalue weighted by molar-refractivity contribution is -0.124. The smallest absolute Gasteiger partial charge is 0.231 e. The van der Waals surface area contributed by atoms with Crippen LogP contribution in [0.15, 0.2) is 24.3 Å². The van der Waals surface area contributed by atoms with Gasteiger partial charge in [0.25, 0.3) is 0 Å². The van der Waals surface area contributed by atoms with Crippen LogP contribution in [-0.2, 0) is 9.59 Å². The van der Waals surface area contributed by atoms with Crippen LogP contribution in [-0.4, -0.2) is 17.6 Å². The Morgan fingerprint density at radius 3 is 2.44 bits per heavy atom. The molecule has 0 aliphatic heterocycles. The van der Waals surface area contributed by atoms with Crippen molar-refractivity contribution in [2.75, 3.05) is 11.2 Å². The second kappa shape index (κ2) is 5.89. The van der Waals surface area contributed by atoms with Crippen LogP contribution in [0.5, 0.6) is 0 Å². The number of benzene rings is 1. The molecule has 0 aromatic heterocycles. The minimum Gasteiger partial charge on any atom is -0.326 e. The zero-order valence-electron chi connectivity index (χ0n) is 8.37. The molecule has 0 aliphatic rings. The van der Waals surface area contributed by atoms with E-state index in [1.165, 1.54) is 0 Å². The summed E-state index contributed by atoms with van der Waals surface area (Å²) in [5.41, 5.74) is 1.06. The van der Waals surface area contributed by atoms with Gasteiger partial charge in [0.15, 0.2) is 5.78 Å². The highest BCUT2D eigenvalue weighted by Gasteiger charge is 2.08. The molecule has 1 aromatic rings. The third-order valence-corrected chi connectivity index (χ3v) is 2.10. The number of hydrogen-bond donors (Lipinski definition) is 1. The van der Waals surface area contributed by atoms with Gasteiger partial charge in [-0.3, -0.25) is 9.59 Å². The van der Waals surface area contributed by atoms with Gasteiger partial charge in [-0.25, -0.2) is 0 Å². The summed E-state index contributed by atoms with van der Waals surface area (Å²) in [7, 11) is 0. The van der Waals surface area contributed by atoms with Crippen molar-refractivity contribution in [2.45, 2.75) is 6.42 Å². The van der Waals surface area contributed by atoms with Gasteiger partial charge in [0.05, 0.1) is 23.9 Å². The van der Waals surface area contributed by atoms with E-state index in [4.69, 9.17) is 16.9 Å². The molecule has 0 saturated heterocycles. The van der Waals surface area contributed by atoms with Crippen LogP contribution in [0.2, 0.25) is 0 Å². The van der Waals surface area contributed by atoms with E-state index in [0.717, 1.165) is 0 Å². The van der Waals surface area contributed by atoms with E-state index in [2.05, 4.69) is 5.32 Å². The lowest BCUT2D eigenvalue weighted by Crippen LogP contribution is -2.16. The Balaban J connectivity index is 2.57. The SMILES string of the molecule is N#Cc1ccc(NC(=O)CC(=O)CCl)cc1. The number of carbonyl (C=O) groups excluding carboxylic acids is 2. The summed E-state index contributed by atoms with van der Waals surface area (Å²) in [4.78, 5) is 22.2. The monoisotopic (exact) mass is 236 g/mol. The summed E-state index contributed by atoms with van der Waals surface area (Å²) in [5, 5.41) is 11.1. The number of carbonyl (C=O) groups is 2. The molecule has 82 valence electrons. The fraction of sp³-hybridized carbons (Fsp3) is 0.182. The van der Waals surface area contributed by atoms with Crippen molar-refractivity contribution >= 4 is 29.0 Å². The molecule has 0 fully saturated rings. The van der Waals surface area contributed by atoms with Crippen LogP contribution >= 0.6 is 11.6 Å². The van der Waals surface area contributed by atoms with Gasteiger partial charge in [0.1, 0.15) is 0 Å². The number of halogens is 1. The first kappa shape index (κ1) is 12.2. The molecule has 1 aromatic carbocycles. The van der Waals surface area contributed by atoms with Crippen molar-refractivity contribution in [3.05, 3.63) is 29.8 Å². The van der Waals surface area contributed by atoms with Crippen LogP contribution in [0.25, 0.3) is 0 Å². The van der Waals surface area contributed by atoms with E-state index in [9.17, 15) is 9.59 Å². The molecule has 1 rings (SSSR count). The number of nitriles is 1. The van der Waals surface area contributed by atoms with E-state index < -0.39 is 5.91 Å². The standard InChI is InChI=1S/C11H9ClN2O2/c12-6-10(15)5-11(16)14-9-3-1-8(7-13)2-4-9/h1-4H,5-6H2,(H,14,16). The largest absolute Gasteiger partial charge is 0.326 e. The van der Waals surface area contributed by atoms with Gasteiger partial charge in [-0.2, -0.15) is 5.26 Å². The fourth-order valence-electron chi connectivity index (χ4n) is 1.06. The Morgan fingerprint density at radius 1 is 1.31 bits per heavy atom.